The molecular formula is C12H15N3. The molecule has 1 aromatic heterocycles. The minimum absolute atomic E-state index is 0.805. The van der Waals surface area contributed by atoms with E-state index < -0.39 is 0 Å². The minimum Gasteiger partial charge on any atom is -0.399 e. The Morgan fingerprint density at radius 1 is 1.20 bits per heavy atom. The van der Waals surface area contributed by atoms with Crippen LogP contribution in [0.15, 0.2) is 24.3 Å². The lowest BCUT2D eigenvalue weighted by atomic mass is 10.0. The number of rotatable bonds is 2. The maximum atomic E-state index is 5.64. The lowest BCUT2D eigenvalue weighted by Gasteiger charge is -2.02. The third-order valence-corrected chi connectivity index (χ3v) is 2.64. The van der Waals surface area contributed by atoms with Crippen LogP contribution >= 0.6 is 0 Å². The average molecular weight is 201 g/mol. The molecule has 0 aliphatic rings. The Kier molecular flexibility index (Phi) is 2.46. The fourth-order valence-corrected chi connectivity index (χ4v) is 1.67. The maximum Gasteiger partial charge on any atom is 0.0629 e. The third-order valence-electron chi connectivity index (χ3n) is 2.64. The smallest absolute Gasteiger partial charge is 0.0629 e. The SMILES string of the molecule is Cc1n[nH]c(C)c1Cc1ccc(N)cc1. The summed E-state index contributed by atoms with van der Waals surface area (Å²) < 4.78 is 0. The van der Waals surface area contributed by atoms with Crippen molar-refractivity contribution in [2.45, 2.75) is 20.3 Å². The molecule has 0 radical (unpaired) electrons. The molecule has 78 valence electrons. The fourth-order valence-electron chi connectivity index (χ4n) is 1.67. The van der Waals surface area contributed by atoms with Gasteiger partial charge in [0.05, 0.1) is 5.69 Å². The molecule has 0 unspecified atom stereocenters. The van der Waals surface area contributed by atoms with Crippen LogP contribution in [0.2, 0.25) is 0 Å². The van der Waals surface area contributed by atoms with Crippen LogP contribution in [-0.2, 0) is 6.42 Å². The predicted octanol–water partition coefficient (Wildman–Crippen LogP) is 2.20. The van der Waals surface area contributed by atoms with Crippen LogP contribution in [-0.4, -0.2) is 10.2 Å². The largest absolute Gasteiger partial charge is 0.399 e. The summed E-state index contributed by atoms with van der Waals surface area (Å²) in [6.07, 6.45) is 0.911. The van der Waals surface area contributed by atoms with Crippen LogP contribution in [0.3, 0.4) is 0 Å². The standard InChI is InChI=1S/C12H15N3/c1-8-12(9(2)15-14-8)7-10-3-5-11(13)6-4-10/h3-6H,7,13H2,1-2H3,(H,14,15). The second kappa shape index (κ2) is 3.77. The van der Waals surface area contributed by atoms with Gasteiger partial charge in [-0.05, 0) is 31.5 Å². The van der Waals surface area contributed by atoms with E-state index in [2.05, 4.69) is 22.3 Å². The summed E-state index contributed by atoms with van der Waals surface area (Å²) in [5, 5.41) is 7.17. The summed E-state index contributed by atoms with van der Waals surface area (Å²) in [6, 6.07) is 7.97. The molecule has 2 aromatic rings. The zero-order valence-corrected chi connectivity index (χ0v) is 9.04. The second-order valence-electron chi connectivity index (χ2n) is 3.83. The van der Waals surface area contributed by atoms with Crippen molar-refractivity contribution in [1.82, 2.24) is 10.2 Å². The van der Waals surface area contributed by atoms with Crippen LogP contribution < -0.4 is 5.73 Å². The highest BCUT2D eigenvalue weighted by Gasteiger charge is 2.06. The van der Waals surface area contributed by atoms with Crippen molar-refractivity contribution in [3.8, 4) is 0 Å². The van der Waals surface area contributed by atoms with Gasteiger partial charge in [0.2, 0.25) is 0 Å². The van der Waals surface area contributed by atoms with Gasteiger partial charge in [-0.25, -0.2) is 0 Å². The summed E-state index contributed by atoms with van der Waals surface area (Å²) in [7, 11) is 0. The van der Waals surface area contributed by atoms with Crippen molar-refractivity contribution in [1.29, 1.82) is 0 Å². The number of H-pyrrole nitrogens is 1. The molecule has 3 N–H and O–H groups in total. The van der Waals surface area contributed by atoms with Crippen LogP contribution in [0, 0.1) is 13.8 Å². The number of anilines is 1. The Hall–Kier alpha value is -1.77. The van der Waals surface area contributed by atoms with E-state index in [0.717, 1.165) is 23.5 Å². The topological polar surface area (TPSA) is 54.7 Å². The van der Waals surface area contributed by atoms with Gasteiger partial charge in [0.25, 0.3) is 0 Å². The number of nitrogens with two attached hydrogens (primary N) is 1. The summed E-state index contributed by atoms with van der Waals surface area (Å²) in [6.45, 7) is 4.07. The Labute approximate surface area is 89.3 Å². The van der Waals surface area contributed by atoms with Crippen LogP contribution in [0.5, 0.6) is 0 Å². The van der Waals surface area contributed by atoms with E-state index in [1.54, 1.807) is 0 Å². The predicted molar refractivity (Wildman–Crippen MR) is 61.7 cm³/mol. The minimum atomic E-state index is 0.805. The van der Waals surface area contributed by atoms with E-state index in [1.807, 2.05) is 26.0 Å². The molecular weight excluding hydrogens is 186 g/mol. The number of hydrogen-bond donors (Lipinski definition) is 2. The van der Waals surface area contributed by atoms with Gasteiger partial charge in [-0.1, -0.05) is 12.1 Å². The number of nitrogens with one attached hydrogen (secondary N) is 1. The first-order valence-corrected chi connectivity index (χ1v) is 5.01. The first-order chi connectivity index (χ1) is 7.16. The summed E-state index contributed by atoms with van der Waals surface area (Å²) in [4.78, 5) is 0. The lowest BCUT2D eigenvalue weighted by molar-refractivity contribution is 1.02. The molecule has 3 nitrogen and oxygen atoms in total. The molecule has 1 heterocycles. The van der Waals surface area contributed by atoms with Crippen molar-refractivity contribution in [3.05, 3.63) is 46.8 Å². The van der Waals surface area contributed by atoms with Crippen molar-refractivity contribution < 1.29 is 0 Å². The molecule has 0 amide bonds. The van der Waals surface area contributed by atoms with E-state index in [1.165, 1.54) is 11.1 Å². The molecule has 0 saturated heterocycles. The third kappa shape index (κ3) is 2.01. The van der Waals surface area contributed by atoms with Gasteiger partial charge in [0, 0.05) is 23.4 Å². The van der Waals surface area contributed by atoms with E-state index in [0.29, 0.717) is 0 Å². The Morgan fingerprint density at radius 3 is 2.40 bits per heavy atom. The lowest BCUT2D eigenvalue weighted by Crippen LogP contribution is -1.92. The van der Waals surface area contributed by atoms with Gasteiger partial charge in [-0.15, -0.1) is 0 Å². The zero-order valence-electron chi connectivity index (χ0n) is 9.04. The monoisotopic (exact) mass is 201 g/mol. The molecule has 0 fully saturated rings. The summed E-state index contributed by atoms with van der Waals surface area (Å²) in [5.41, 5.74) is 11.2. The van der Waals surface area contributed by atoms with E-state index in [4.69, 9.17) is 5.73 Å². The molecule has 0 aliphatic carbocycles. The van der Waals surface area contributed by atoms with Gasteiger partial charge in [0.1, 0.15) is 0 Å². The number of aromatic amines is 1. The van der Waals surface area contributed by atoms with E-state index in [9.17, 15) is 0 Å². The summed E-state index contributed by atoms with van der Waals surface area (Å²) >= 11 is 0. The van der Waals surface area contributed by atoms with E-state index >= 15 is 0 Å². The average Bonchev–Trinajstić information content (AvgIpc) is 2.53. The summed E-state index contributed by atoms with van der Waals surface area (Å²) in [5.74, 6) is 0. The first kappa shape index (κ1) is 9.77. The molecule has 0 spiro atoms. The molecule has 0 atom stereocenters. The second-order valence-corrected chi connectivity index (χ2v) is 3.83. The number of nitrogen functional groups attached to an aromatic ring is 1. The number of aryl methyl sites for hydroxylation is 2. The molecule has 0 aliphatic heterocycles. The molecule has 0 bridgehead atoms. The van der Waals surface area contributed by atoms with Crippen LogP contribution in [0.4, 0.5) is 5.69 Å². The maximum absolute atomic E-state index is 5.64. The Morgan fingerprint density at radius 2 is 1.87 bits per heavy atom. The highest BCUT2D eigenvalue weighted by molar-refractivity contribution is 5.41. The number of benzene rings is 1. The highest BCUT2D eigenvalue weighted by Crippen LogP contribution is 2.16. The molecule has 2 rings (SSSR count). The quantitative estimate of drug-likeness (QED) is 0.732. The number of nitrogens with zero attached hydrogens (tertiary/aromatic N) is 1. The molecule has 0 saturated carbocycles. The Balaban J connectivity index is 2.25. The first-order valence-electron chi connectivity index (χ1n) is 5.01. The van der Waals surface area contributed by atoms with Crippen molar-refractivity contribution in [3.63, 3.8) is 0 Å². The van der Waals surface area contributed by atoms with Crippen LogP contribution in [0.1, 0.15) is 22.5 Å². The fraction of sp³-hybridized carbons (Fsp3) is 0.250. The van der Waals surface area contributed by atoms with E-state index in [-0.39, 0.29) is 0 Å². The van der Waals surface area contributed by atoms with Gasteiger partial charge in [-0.2, -0.15) is 5.10 Å². The normalized spacial score (nSPS) is 10.5. The van der Waals surface area contributed by atoms with Gasteiger partial charge in [0.15, 0.2) is 0 Å². The molecule has 3 heteroatoms. The number of hydrogen-bond acceptors (Lipinski definition) is 2. The molecule has 15 heavy (non-hydrogen) atoms. The Bertz CT molecular complexity index is 435. The zero-order chi connectivity index (χ0) is 10.8. The van der Waals surface area contributed by atoms with Crippen LogP contribution in [0.25, 0.3) is 0 Å². The van der Waals surface area contributed by atoms with Gasteiger partial charge >= 0.3 is 0 Å². The molecule has 1 aromatic carbocycles. The van der Waals surface area contributed by atoms with Crippen molar-refractivity contribution in [2.24, 2.45) is 0 Å². The van der Waals surface area contributed by atoms with Crippen molar-refractivity contribution >= 4 is 5.69 Å². The van der Waals surface area contributed by atoms with Gasteiger partial charge < -0.3 is 5.73 Å². The highest BCUT2D eigenvalue weighted by atomic mass is 15.1. The van der Waals surface area contributed by atoms with Gasteiger partial charge in [-0.3, -0.25) is 5.10 Å². The van der Waals surface area contributed by atoms with Crippen molar-refractivity contribution in [2.75, 3.05) is 5.73 Å². The number of aromatic nitrogens is 2.